The molecule has 0 aromatic carbocycles. The number of carbonyl (C=O) groups is 1. The lowest BCUT2D eigenvalue weighted by molar-refractivity contribution is -0.627. The molecule has 0 aliphatic carbocycles. The Kier molecular flexibility index (Phi) is 4.82. The van der Waals surface area contributed by atoms with Gasteiger partial charge in [0.25, 0.3) is 5.91 Å². The van der Waals surface area contributed by atoms with Gasteiger partial charge in [-0.05, 0) is 35.4 Å². The molecule has 0 radical (unpaired) electrons. The van der Waals surface area contributed by atoms with Crippen LogP contribution in [0.5, 0.6) is 0 Å². The second-order valence-corrected chi connectivity index (χ2v) is 6.89. The Hall–Kier alpha value is -1.76. The highest BCUT2D eigenvalue weighted by molar-refractivity contribution is 7.13. The van der Waals surface area contributed by atoms with Crippen molar-refractivity contribution in [2.75, 3.05) is 13.6 Å². The van der Waals surface area contributed by atoms with Crippen LogP contribution in [-0.2, 0) is 6.42 Å². The molecule has 3 aromatic rings. The number of hydrogen-bond acceptors (Lipinski definition) is 4. The van der Waals surface area contributed by atoms with Gasteiger partial charge in [-0.25, -0.2) is 0 Å². The van der Waals surface area contributed by atoms with E-state index in [0.29, 0.717) is 0 Å². The molecule has 0 fully saturated rings. The third-order valence-corrected chi connectivity index (χ3v) is 5.16. The molecule has 3 heterocycles. The molecule has 0 amide bonds. The van der Waals surface area contributed by atoms with Crippen molar-refractivity contribution >= 4 is 28.6 Å². The highest BCUT2D eigenvalue weighted by Crippen LogP contribution is 2.25. The lowest BCUT2D eigenvalue weighted by Crippen LogP contribution is -2.79. The Labute approximate surface area is 137 Å². The predicted octanol–water partition coefficient (Wildman–Crippen LogP) is 2.49. The van der Waals surface area contributed by atoms with Crippen LogP contribution in [0.2, 0.25) is 0 Å². The molecule has 0 unspecified atom stereocenters. The van der Waals surface area contributed by atoms with Crippen LogP contribution in [0.1, 0.15) is 21.8 Å². The largest absolute Gasteiger partial charge is 0.349 e. The normalized spacial score (nSPS) is 11.0. The van der Waals surface area contributed by atoms with Gasteiger partial charge in [0.2, 0.25) is 0 Å². The topological polar surface area (TPSA) is 51.5 Å². The maximum Gasteiger partial charge on any atom is 0.288 e. The lowest BCUT2D eigenvalue weighted by atomic mass is 10.2. The number of nitrogens with two attached hydrogens (primary N) is 1. The number of nitrogens with zero attached hydrogens (tertiary/aromatic N) is 2. The zero-order valence-electron chi connectivity index (χ0n) is 12.4. The van der Waals surface area contributed by atoms with E-state index in [9.17, 15) is 4.79 Å². The summed E-state index contributed by atoms with van der Waals surface area (Å²) in [5.74, 6) is -0.0340. The standard InChI is InChI=1S/C16H17N3OS2/c1-17-8-2-5-12-11-13(14-6-3-9-21-14)18-19(12)16(20)15-7-4-10-22-15/h3-4,6-7,9-11,17H,2,5,8H2,1H3/p+1. The van der Waals surface area contributed by atoms with Crippen molar-refractivity contribution in [1.29, 1.82) is 0 Å². The van der Waals surface area contributed by atoms with Crippen LogP contribution in [-0.4, -0.2) is 29.3 Å². The SMILES string of the molecule is C[NH2+]CCCc1cc(-c2cccs2)nn1C(=O)c1cccs1. The summed E-state index contributed by atoms with van der Waals surface area (Å²) < 4.78 is 1.58. The lowest BCUT2D eigenvalue weighted by Gasteiger charge is -2.03. The van der Waals surface area contributed by atoms with Gasteiger partial charge < -0.3 is 5.32 Å². The van der Waals surface area contributed by atoms with Crippen molar-refractivity contribution in [3.05, 3.63) is 51.7 Å². The maximum absolute atomic E-state index is 12.7. The van der Waals surface area contributed by atoms with Crippen LogP contribution >= 0.6 is 22.7 Å². The fraction of sp³-hybridized carbons (Fsp3) is 0.250. The monoisotopic (exact) mass is 332 g/mol. The van der Waals surface area contributed by atoms with E-state index in [0.717, 1.165) is 40.5 Å². The first-order valence-electron chi connectivity index (χ1n) is 7.28. The Morgan fingerprint density at radius 1 is 1.27 bits per heavy atom. The van der Waals surface area contributed by atoms with E-state index in [1.807, 2.05) is 41.1 Å². The van der Waals surface area contributed by atoms with Gasteiger partial charge >= 0.3 is 0 Å². The molecule has 6 heteroatoms. The minimum atomic E-state index is -0.0340. The zero-order valence-corrected chi connectivity index (χ0v) is 14.0. The van der Waals surface area contributed by atoms with E-state index in [4.69, 9.17) is 0 Å². The molecule has 0 saturated carbocycles. The van der Waals surface area contributed by atoms with Gasteiger partial charge in [0.1, 0.15) is 5.69 Å². The summed E-state index contributed by atoms with van der Waals surface area (Å²) in [5.41, 5.74) is 1.87. The number of aryl methyl sites for hydroxylation is 1. The molecular formula is C16H18N3OS2+. The van der Waals surface area contributed by atoms with E-state index in [2.05, 4.69) is 17.5 Å². The fourth-order valence-corrected chi connectivity index (χ4v) is 3.64. The van der Waals surface area contributed by atoms with Crippen molar-refractivity contribution in [2.24, 2.45) is 0 Å². The number of carbonyl (C=O) groups excluding carboxylic acids is 1. The molecule has 0 atom stereocenters. The average Bonchev–Trinajstić information content (AvgIpc) is 3.27. The van der Waals surface area contributed by atoms with Gasteiger partial charge in [-0.3, -0.25) is 4.79 Å². The molecule has 3 rings (SSSR count). The van der Waals surface area contributed by atoms with Crippen LogP contribution in [0.4, 0.5) is 0 Å². The summed E-state index contributed by atoms with van der Waals surface area (Å²) >= 11 is 3.10. The Morgan fingerprint density at radius 2 is 2.09 bits per heavy atom. The molecule has 22 heavy (non-hydrogen) atoms. The minimum absolute atomic E-state index is 0.0340. The number of rotatable bonds is 6. The Bertz CT molecular complexity index is 730. The Morgan fingerprint density at radius 3 is 2.77 bits per heavy atom. The molecular weight excluding hydrogens is 314 g/mol. The van der Waals surface area contributed by atoms with Crippen LogP contribution in [0.25, 0.3) is 10.6 Å². The van der Waals surface area contributed by atoms with Crippen LogP contribution < -0.4 is 5.32 Å². The molecule has 0 spiro atoms. The minimum Gasteiger partial charge on any atom is -0.349 e. The maximum atomic E-state index is 12.7. The third-order valence-electron chi connectivity index (χ3n) is 3.41. The van der Waals surface area contributed by atoms with Gasteiger partial charge in [0, 0.05) is 12.1 Å². The van der Waals surface area contributed by atoms with Gasteiger partial charge in [0.15, 0.2) is 0 Å². The fourth-order valence-electron chi connectivity index (χ4n) is 2.31. The van der Waals surface area contributed by atoms with E-state index >= 15 is 0 Å². The second-order valence-electron chi connectivity index (χ2n) is 4.99. The average molecular weight is 332 g/mol. The van der Waals surface area contributed by atoms with E-state index < -0.39 is 0 Å². The molecule has 4 nitrogen and oxygen atoms in total. The molecule has 0 aliphatic heterocycles. The smallest absolute Gasteiger partial charge is 0.288 e. The Balaban J connectivity index is 1.93. The van der Waals surface area contributed by atoms with Crippen molar-refractivity contribution in [3.8, 4) is 10.6 Å². The van der Waals surface area contributed by atoms with E-state index in [1.165, 1.54) is 11.3 Å². The molecule has 0 bridgehead atoms. The van der Waals surface area contributed by atoms with Crippen molar-refractivity contribution < 1.29 is 10.1 Å². The number of aromatic nitrogens is 2. The number of quaternary nitrogens is 1. The summed E-state index contributed by atoms with van der Waals surface area (Å²) in [6, 6.07) is 9.84. The molecule has 114 valence electrons. The van der Waals surface area contributed by atoms with Crippen LogP contribution in [0, 0.1) is 0 Å². The van der Waals surface area contributed by atoms with E-state index in [1.54, 1.807) is 16.0 Å². The van der Waals surface area contributed by atoms with Crippen LogP contribution in [0.15, 0.2) is 41.1 Å². The summed E-state index contributed by atoms with van der Waals surface area (Å²) in [7, 11) is 2.06. The summed E-state index contributed by atoms with van der Waals surface area (Å²) in [6.07, 6.45) is 1.89. The van der Waals surface area contributed by atoms with Crippen molar-refractivity contribution in [2.45, 2.75) is 12.8 Å². The third kappa shape index (κ3) is 3.19. The number of hydrogen-bond donors (Lipinski definition) is 1. The first-order chi connectivity index (χ1) is 10.8. The highest BCUT2D eigenvalue weighted by atomic mass is 32.1. The second kappa shape index (κ2) is 7.00. The quantitative estimate of drug-likeness (QED) is 0.705. The van der Waals surface area contributed by atoms with Crippen molar-refractivity contribution in [1.82, 2.24) is 9.78 Å². The molecule has 0 saturated heterocycles. The highest BCUT2D eigenvalue weighted by Gasteiger charge is 2.18. The van der Waals surface area contributed by atoms with Gasteiger partial charge in [-0.2, -0.15) is 9.78 Å². The van der Waals surface area contributed by atoms with Gasteiger partial charge in [0.05, 0.1) is 23.3 Å². The summed E-state index contributed by atoms with van der Waals surface area (Å²) in [6.45, 7) is 1.05. The summed E-state index contributed by atoms with van der Waals surface area (Å²) in [5, 5.41) is 10.7. The molecule has 3 aromatic heterocycles. The van der Waals surface area contributed by atoms with Gasteiger partial charge in [-0.1, -0.05) is 12.1 Å². The predicted molar refractivity (Wildman–Crippen MR) is 90.6 cm³/mol. The first kappa shape index (κ1) is 15.1. The van der Waals surface area contributed by atoms with Gasteiger partial charge in [-0.15, -0.1) is 22.7 Å². The molecule has 0 aliphatic rings. The zero-order chi connectivity index (χ0) is 15.4. The molecule has 2 N–H and O–H groups in total. The summed E-state index contributed by atoms with van der Waals surface area (Å²) in [4.78, 5) is 14.5. The number of thiophene rings is 2. The first-order valence-corrected chi connectivity index (χ1v) is 9.04. The van der Waals surface area contributed by atoms with Crippen molar-refractivity contribution in [3.63, 3.8) is 0 Å². The van der Waals surface area contributed by atoms with E-state index in [-0.39, 0.29) is 5.91 Å². The van der Waals surface area contributed by atoms with Crippen LogP contribution in [0.3, 0.4) is 0 Å².